The van der Waals surface area contributed by atoms with Crippen molar-refractivity contribution in [1.29, 1.82) is 0 Å². The summed E-state index contributed by atoms with van der Waals surface area (Å²) < 4.78 is 5.05. The molecule has 0 aliphatic heterocycles. The number of nitrogens with zero attached hydrogens (tertiary/aromatic N) is 3. The number of rotatable bonds is 6. The van der Waals surface area contributed by atoms with E-state index >= 15 is 0 Å². The fourth-order valence-corrected chi connectivity index (χ4v) is 1.88. The predicted molar refractivity (Wildman–Crippen MR) is 71.5 cm³/mol. The maximum atomic E-state index is 10.7. The first-order chi connectivity index (χ1) is 9.95. The van der Waals surface area contributed by atoms with E-state index in [2.05, 4.69) is 10.1 Å². The van der Waals surface area contributed by atoms with Crippen molar-refractivity contribution in [1.82, 2.24) is 10.1 Å². The Bertz CT molecular complexity index is 667. The van der Waals surface area contributed by atoms with E-state index < -0.39 is 10.9 Å². The number of hydrogen-bond acceptors (Lipinski definition) is 6. The van der Waals surface area contributed by atoms with Gasteiger partial charge in [0.25, 0.3) is 5.69 Å². The first kappa shape index (κ1) is 14.6. The van der Waals surface area contributed by atoms with Gasteiger partial charge in [-0.15, -0.1) is 0 Å². The van der Waals surface area contributed by atoms with Crippen LogP contribution in [0.2, 0.25) is 0 Å². The first-order valence-corrected chi connectivity index (χ1v) is 6.25. The molecule has 21 heavy (non-hydrogen) atoms. The molecule has 0 aliphatic rings. The van der Waals surface area contributed by atoms with E-state index in [9.17, 15) is 14.9 Å². The third-order valence-electron chi connectivity index (χ3n) is 2.83. The van der Waals surface area contributed by atoms with Gasteiger partial charge in [0, 0.05) is 30.5 Å². The van der Waals surface area contributed by atoms with Crippen LogP contribution in [-0.2, 0) is 11.2 Å². The van der Waals surface area contributed by atoms with E-state index in [1.54, 1.807) is 13.0 Å². The zero-order chi connectivity index (χ0) is 15.4. The molecular weight excluding hydrogens is 278 g/mol. The highest BCUT2D eigenvalue weighted by Gasteiger charge is 2.16. The van der Waals surface area contributed by atoms with Crippen LogP contribution in [0.4, 0.5) is 5.69 Å². The van der Waals surface area contributed by atoms with Gasteiger partial charge in [0.15, 0.2) is 0 Å². The van der Waals surface area contributed by atoms with Crippen molar-refractivity contribution in [3.63, 3.8) is 0 Å². The van der Waals surface area contributed by atoms with Crippen molar-refractivity contribution in [3.8, 4) is 11.4 Å². The van der Waals surface area contributed by atoms with Crippen LogP contribution < -0.4 is 0 Å². The van der Waals surface area contributed by atoms with Crippen LogP contribution >= 0.6 is 0 Å². The van der Waals surface area contributed by atoms with Crippen LogP contribution in [0.1, 0.15) is 19.2 Å². The molecule has 8 heteroatoms. The summed E-state index contributed by atoms with van der Waals surface area (Å²) in [6.07, 6.45) is 0.350. The topological polar surface area (TPSA) is 119 Å². The Morgan fingerprint density at radius 1 is 1.52 bits per heavy atom. The lowest BCUT2D eigenvalue weighted by Gasteiger charge is -2.03. The van der Waals surface area contributed by atoms with E-state index in [4.69, 9.17) is 9.63 Å². The van der Waals surface area contributed by atoms with Gasteiger partial charge < -0.3 is 9.63 Å². The normalized spacial score (nSPS) is 12.0. The number of hydrogen-bond donors (Lipinski definition) is 1. The fourth-order valence-electron chi connectivity index (χ4n) is 1.88. The van der Waals surface area contributed by atoms with Crippen molar-refractivity contribution >= 4 is 11.7 Å². The molecule has 2 rings (SSSR count). The SMILES string of the molecule is CC(CC(=O)O)Cc1nc(-c2cccc([N+](=O)[O-])c2)no1. The minimum Gasteiger partial charge on any atom is -0.481 e. The lowest BCUT2D eigenvalue weighted by Crippen LogP contribution is -2.07. The molecule has 0 amide bonds. The smallest absolute Gasteiger partial charge is 0.303 e. The van der Waals surface area contributed by atoms with E-state index in [-0.39, 0.29) is 23.9 Å². The summed E-state index contributed by atoms with van der Waals surface area (Å²) in [7, 11) is 0. The highest BCUT2D eigenvalue weighted by molar-refractivity contribution is 5.67. The van der Waals surface area contributed by atoms with E-state index in [0.717, 1.165) is 0 Å². The molecule has 0 fully saturated rings. The van der Waals surface area contributed by atoms with Crippen LogP contribution in [0.25, 0.3) is 11.4 Å². The van der Waals surface area contributed by atoms with Crippen molar-refractivity contribution < 1.29 is 19.3 Å². The summed E-state index contributed by atoms with van der Waals surface area (Å²) in [6.45, 7) is 1.77. The van der Waals surface area contributed by atoms with E-state index in [1.807, 2.05) is 0 Å². The van der Waals surface area contributed by atoms with Gasteiger partial charge in [-0.1, -0.05) is 24.2 Å². The molecule has 2 aromatic rings. The van der Waals surface area contributed by atoms with Gasteiger partial charge >= 0.3 is 5.97 Å². The standard InChI is InChI=1S/C13H13N3O5/c1-8(6-12(17)18)5-11-14-13(15-21-11)9-3-2-4-10(7-9)16(19)20/h2-4,7-8H,5-6H2,1H3,(H,17,18). The van der Waals surface area contributed by atoms with Crippen LogP contribution in [0, 0.1) is 16.0 Å². The van der Waals surface area contributed by atoms with Crippen LogP contribution in [0.15, 0.2) is 28.8 Å². The Labute approximate surface area is 119 Å². The Morgan fingerprint density at radius 2 is 2.29 bits per heavy atom. The molecule has 1 aromatic heterocycles. The minimum absolute atomic E-state index is 0.00845. The molecule has 110 valence electrons. The zero-order valence-electron chi connectivity index (χ0n) is 11.2. The van der Waals surface area contributed by atoms with Gasteiger partial charge in [-0.3, -0.25) is 14.9 Å². The minimum atomic E-state index is -0.888. The molecule has 1 heterocycles. The molecular formula is C13H13N3O5. The zero-order valence-corrected chi connectivity index (χ0v) is 11.2. The summed E-state index contributed by atoms with van der Waals surface area (Å²) in [6, 6.07) is 5.91. The summed E-state index contributed by atoms with van der Waals surface area (Å²) >= 11 is 0. The van der Waals surface area contributed by atoms with E-state index in [0.29, 0.717) is 17.9 Å². The highest BCUT2D eigenvalue weighted by atomic mass is 16.6. The predicted octanol–water partition coefficient (Wildman–Crippen LogP) is 2.30. The second-order valence-electron chi connectivity index (χ2n) is 4.73. The molecule has 1 unspecified atom stereocenters. The number of aliphatic carboxylic acids is 1. The highest BCUT2D eigenvalue weighted by Crippen LogP contribution is 2.22. The summed E-state index contributed by atoms with van der Waals surface area (Å²) in [5.74, 6) is -0.469. The number of carboxylic acid groups (broad SMARTS) is 1. The summed E-state index contributed by atoms with van der Waals surface area (Å²) in [5.41, 5.74) is 0.420. The monoisotopic (exact) mass is 291 g/mol. The van der Waals surface area contributed by atoms with Crippen LogP contribution in [-0.4, -0.2) is 26.1 Å². The summed E-state index contributed by atoms with van der Waals surface area (Å²) in [5, 5.41) is 23.2. The Balaban J connectivity index is 2.14. The van der Waals surface area contributed by atoms with Crippen LogP contribution in [0.3, 0.4) is 0 Å². The number of carboxylic acids is 1. The largest absolute Gasteiger partial charge is 0.481 e. The Kier molecular flexibility index (Phi) is 4.27. The Hall–Kier alpha value is -2.77. The summed E-state index contributed by atoms with van der Waals surface area (Å²) in [4.78, 5) is 25.0. The van der Waals surface area contributed by atoms with Gasteiger partial charge in [-0.25, -0.2) is 0 Å². The van der Waals surface area contributed by atoms with Gasteiger partial charge in [-0.05, 0) is 5.92 Å². The molecule has 0 aliphatic carbocycles. The fraction of sp³-hybridized carbons (Fsp3) is 0.308. The molecule has 0 spiro atoms. The van der Waals surface area contributed by atoms with Crippen molar-refractivity contribution in [2.45, 2.75) is 19.8 Å². The average Bonchev–Trinajstić information content (AvgIpc) is 2.86. The lowest BCUT2D eigenvalue weighted by molar-refractivity contribution is -0.384. The molecule has 0 saturated heterocycles. The molecule has 1 atom stereocenters. The van der Waals surface area contributed by atoms with Gasteiger partial charge in [0.05, 0.1) is 4.92 Å². The molecule has 0 radical (unpaired) electrons. The molecule has 1 N–H and O–H groups in total. The van der Waals surface area contributed by atoms with Gasteiger partial charge in [-0.2, -0.15) is 4.98 Å². The van der Waals surface area contributed by atoms with Gasteiger partial charge in [0.2, 0.25) is 11.7 Å². The van der Waals surface area contributed by atoms with Gasteiger partial charge in [0.1, 0.15) is 0 Å². The third kappa shape index (κ3) is 3.85. The van der Waals surface area contributed by atoms with Crippen molar-refractivity contribution in [3.05, 3.63) is 40.3 Å². The second kappa shape index (κ2) is 6.12. The lowest BCUT2D eigenvalue weighted by atomic mass is 10.0. The van der Waals surface area contributed by atoms with Crippen LogP contribution in [0.5, 0.6) is 0 Å². The molecule has 8 nitrogen and oxygen atoms in total. The molecule has 1 aromatic carbocycles. The number of benzene rings is 1. The van der Waals surface area contributed by atoms with Crippen molar-refractivity contribution in [2.75, 3.05) is 0 Å². The average molecular weight is 291 g/mol. The first-order valence-electron chi connectivity index (χ1n) is 6.25. The molecule has 0 saturated carbocycles. The van der Waals surface area contributed by atoms with Crippen molar-refractivity contribution in [2.24, 2.45) is 5.92 Å². The molecule has 0 bridgehead atoms. The number of non-ortho nitro benzene ring substituents is 1. The number of carbonyl (C=O) groups is 1. The quantitative estimate of drug-likeness (QED) is 0.640. The maximum Gasteiger partial charge on any atom is 0.303 e. The number of nitro benzene ring substituents is 1. The number of nitro groups is 1. The number of aromatic nitrogens is 2. The maximum absolute atomic E-state index is 10.7. The Morgan fingerprint density at radius 3 is 2.95 bits per heavy atom. The van der Waals surface area contributed by atoms with E-state index in [1.165, 1.54) is 18.2 Å². The third-order valence-corrected chi connectivity index (χ3v) is 2.83. The second-order valence-corrected chi connectivity index (χ2v) is 4.73.